The number of hydrogen-bond acceptors (Lipinski definition) is 3. The van der Waals surface area contributed by atoms with Gasteiger partial charge in [0.1, 0.15) is 0 Å². The van der Waals surface area contributed by atoms with Crippen LogP contribution < -0.4 is 0 Å². The van der Waals surface area contributed by atoms with E-state index in [1.54, 1.807) is 0 Å². The lowest BCUT2D eigenvalue weighted by Crippen LogP contribution is -2.21. The first-order valence-electron chi connectivity index (χ1n) is 8.75. The Morgan fingerprint density at radius 3 is 2.81 bits per heavy atom. The molecule has 2 N–H and O–H groups in total. The second kappa shape index (κ2) is 8.30. The Bertz CT molecular complexity index is 328. The molecule has 0 amide bonds. The van der Waals surface area contributed by atoms with Gasteiger partial charge < -0.3 is 14.9 Å². The molecule has 3 nitrogen and oxygen atoms in total. The van der Waals surface area contributed by atoms with Crippen LogP contribution in [0.3, 0.4) is 0 Å². The maximum absolute atomic E-state index is 10.3. The third-order valence-electron chi connectivity index (χ3n) is 5.44. The average molecular weight is 296 g/mol. The Morgan fingerprint density at radius 2 is 2.05 bits per heavy atom. The molecular formula is C18H32O3. The molecule has 3 unspecified atom stereocenters. The normalized spacial score (nSPS) is 36.4. The van der Waals surface area contributed by atoms with Crippen LogP contribution in [0.5, 0.6) is 0 Å². The fourth-order valence-electron chi connectivity index (χ4n) is 3.96. The fraction of sp³-hybridized carbons (Fsp3) is 0.889. The van der Waals surface area contributed by atoms with Crippen LogP contribution >= 0.6 is 0 Å². The van der Waals surface area contributed by atoms with Crippen molar-refractivity contribution in [2.24, 2.45) is 23.7 Å². The van der Waals surface area contributed by atoms with E-state index in [0.717, 1.165) is 38.9 Å². The van der Waals surface area contributed by atoms with E-state index in [1.807, 2.05) is 6.08 Å². The zero-order valence-corrected chi connectivity index (χ0v) is 13.6. The van der Waals surface area contributed by atoms with Crippen LogP contribution in [0.15, 0.2) is 12.2 Å². The molecule has 0 aromatic heterocycles. The van der Waals surface area contributed by atoms with Crippen molar-refractivity contribution in [3.8, 4) is 0 Å². The van der Waals surface area contributed by atoms with Gasteiger partial charge in [-0.25, -0.2) is 0 Å². The van der Waals surface area contributed by atoms with Crippen LogP contribution in [0, 0.1) is 23.7 Å². The lowest BCUT2D eigenvalue weighted by molar-refractivity contribution is 0.110. The van der Waals surface area contributed by atoms with Crippen LogP contribution in [-0.4, -0.2) is 35.6 Å². The van der Waals surface area contributed by atoms with Gasteiger partial charge in [-0.15, -0.1) is 0 Å². The van der Waals surface area contributed by atoms with Crippen molar-refractivity contribution < 1.29 is 14.9 Å². The maximum atomic E-state index is 10.3. The van der Waals surface area contributed by atoms with Crippen LogP contribution in [0.2, 0.25) is 0 Å². The molecule has 0 radical (unpaired) electrons. The SMILES string of the molecule is CCCCC(C)[C@H](O)/C=C/C1[C@H]2CCOCCC2C[C@H]1O. The summed E-state index contributed by atoms with van der Waals surface area (Å²) in [7, 11) is 0. The van der Waals surface area contributed by atoms with Crippen LogP contribution in [-0.2, 0) is 4.74 Å². The van der Waals surface area contributed by atoms with Gasteiger partial charge in [-0.1, -0.05) is 38.8 Å². The van der Waals surface area contributed by atoms with Crippen LogP contribution in [0.25, 0.3) is 0 Å². The third kappa shape index (κ3) is 4.54. The summed E-state index contributed by atoms with van der Waals surface area (Å²) in [5.74, 6) is 1.61. The smallest absolute Gasteiger partial charge is 0.0746 e. The number of aliphatic hydroxyl groups excluding tert-OH is 2. The Hall–Kier alpha value is -0.380. The molecule has 0 bridgehead atoms. The summed E-state index contributed by atoms with van der Waals surface area (Å²) >= 11 is 0. The third-order valence-corrected chi connectivity index (χ3v) is 5.44. The molecule has 1 saturated heterocycles. The lowest BCUT2D eigenvalue weighted by atomic mass is 9.84. The molecule has 1 aliphatic carbocycles. The van der Waals surface area contributed by atoms with Gasteiger partial charge >= 0.3 is 0 Å². The van der Waals surface area contributed by atoms with Crippen LogP contribution in [0.4, 0.5) is 0 Å². The predicted molar refractivity (Wildman–Crippen MR) is 85.0 cm³/mol. The highest BCUT2D eigenvalue weighted by Gasteiger charge is 2.41. The zero-order valence-electron chi connectivity index (χ0n) is 13.6. The highest BCUT2D eigenvalue weighted by atomic mass is 16.5. The summed E-state index contributed by atoms with van der Waals surface area (Å²) in [5.41, 5.74) is 0. The molecule has 0 aromatic rings. The largest absolute Gasteiger partial charge is 0.392 e. The molecule has 0 spiro atoms. The number of aliphatic hydroxyl groups is 2. The van der Waals surface area contributed by atoms with E-state index in [9.17, 15) is 10.2 Å². The van der Waals surface area contributed by atoms with Crippen molar-refractivity contribution >= 4 is 0 Å². The molecule has 2 aliphatic rings. The summed E-state index contributed by atoms with van der Waals surface area (Å²) in [6.07, 6.45) is 9.80. The summed E-state index contributed by atoms with van der Waals surface area (Å²) in [4.78, 5) is 0. The van der Waals surface area contributed by atoms with Crippen molar-refractivity contribution in [3.05, 3.63) is 12.2 Å². The van der Waals surface area contributed by atoms with Gasteiger partial charge in [0.15, 0.2) is 0 Å². The molecular weight excluding hydrogens is 264 g/mol. The van der Waals surface area contributed by atoms with E-state index in [2.05, 4.69) is 19.9 Å². The van der Waals surface area contributed by atoms with E-state index in [1.165, 1.54) is 12.8 Å². The zero-order chi connectivity index (χ0) is 15.2. The highest BCUT2D eigenvalue weighted by molar-refractivity contribution is 5.04. The first kappa shape index (κ1) is 17.0. The van der Waals surface area contributed by atoms with E-state index in [4.69, 9.17) is 4.74 Å². The second-order valence-corrected chi connectivity index (χ2v) is 6.99. The fourth-order valence-corrected chi connectivity index (χ4v) is 3.96. The molecule has 2 fully saturated rings. The highest BCUT2D eigenvalue weighted by Crippen LogP contribution is 2.43. The molecule has 1 saturated carbocycles. The summed E-state index contributed by atoms with van der Waals surface area (Å²) < 4.78 is 5.57. The summed E-state index contributed by atoms with van der Waals surface area (Å²) in [6.45, 7) is 5.94. The Labute approximate surface area is 129 Å². The van der Waals surface area contributed by atoms with Gasteiger partial charge in [0.25, 0.3) is 0 Å². The monoisotopic (exact) mass is 296 g/mol. The summed E-state index contributed by atoms with van der Waals surface area (Å²) in [6, 6.07) is 0. The van der Waals surface area contributed by atoms with E-state index in [-0.39, 0.29) is 18.1 Å². The van der Waals surface area contributed by atoms with Crippen molar-refractivity contribution in [3.63, 3.8) is 0 Å². The number of fused-ring (bicyclic) bond motifs is 1. The Kier molecular flexibility index (Phi) is 6.72. The minimum Gasteiger partial charge on any atom is -0.392 e. The standard InChI is InChI=1S/C18H32O3/c1-3-4-5-13(2)17(19)7-6-16-15-9-11-21-10-8-14(15)12-18(16)20/h6-7,13-20H,3-5,8-12H2,1-2H3/b7-6+/t13?,14?,15-,16?,17+,18+/m0/s1. The summed E-state index contributed by atoms with van der Waals surface area (Å²) in [5, 5.41) is 20.6. The predicted octanol–water partition coefficient (Wildman–Crippen LogP) is 3.15. The van der Waals surface area contributed by atoms with E-state index in [0.29, 0.717) is 17.8 Å². The topological polar surface area (TPSA) is 49.7 Å². The van der Waals surface area contributed by atoms with Crippen molar-refractivity contribution in [2.45, 2.75) is 64.6 Å². The first-order valence-corrected chi connectivity index (χ1v) is 8.75. The molecule has 1 aliphatic heterocycles. The molecule has 0 aromatic carbocycles. The average Bonchev–Trinajstić information content (AvgIpc) is 2.64. The van der Waals surface area contributed by atoms with Gasteiger partial charge in [-0.2, -0.15) is 0 Å². The molecule has 1 heterocycles. The van der Waals surface area contributed by atoms with Gasteiger partial charge in [0, 0.05) is 19.1 Å². The molecule has 6 atom stereocenters. The number of hydrogen-bond donors (Lipinski definition) is 2. The van der Waals surface area contributed by atoms with Gasteiger partial charge in [0.2, 0.25) is 0 Å². The number of unbranched alkanes of at least 4 members (excludes halogenated alkanes) is 1. The lowest BCUT2D eigenvalue weighted by Gasteiger charge is -2.21. The van der Waals surface area contributed by atoms with Gasteiger partial charge in [-0.3, -0.25) is 0 Å². The van der Waals surface area contributed by atoms with Gasteiger partial charge in [0.05, 0.1) is 12.2 Å². The first-order chi connectivity index (χ1) is 10.1. The Morgan fingerprint density at radius 1 is 1.29 bits per heavy atom. The van der Waals surface area contributed by atoms with Crippen LogP contribution in [0.1, 0.15) is 52.4 Å². The molecule has 122 valence electrons. The van der Waals surface area contributed by atoms with Crippen molar-refractivity contribution in [1.82, 2.24) is 0 Å². The maximum Gasteiger partial charge on any atom is 0.0746 e. The van der Waals surface area contributed by atoms with Crippen molar-refractivity contribution in [1.29, 1.82) is 0 Å². The van der Waals surface area contributed by atoms with E-state index < -0.39 is 0 Å². The van der Waals surface area contributed by atoms with E-state index >= 15 is 0 Å². The number of ether oxygens (including phenoxy) is 1. The van der Waals surface area contributed by atoms with Crippen molar-refractivity contribution in [2.75, 3.05) is 13.2 Å². The molecule has 2 rings (SSSR count). The quantitative estimate of drug-likeness (QED) is 0.740. The molecule has 21 heavy (non-hydrogen) atoms. The number of rotatable bonds is 6. The second-order valence-electron chi connectivity index (χ2n) is 6.99. The minimum atomic E-state index is -0.384. The van der Waals surface area contributed by atoms with Gasteiger partial charge in [-0.05, 0) is 43.4 Å². The minimum absolute atomic E-state index is 0.199. The molecule has 3 heteroatoms. The Balaban J connectivity index is 1.92.